The van der Waals surface area contributed by atoms with Crippen molar-refractivity contribution in [2.75, 3.05) is 6.61 Å². The Kier molecular flexibility index (Phi) is 4.45. The summed E-state index contributed by atoms with van der Waals surface area (Å²) in [5.41, 5.74) is 1.43. The molecule has 0 N–H and O–H groups in total. The quantitative estimate of drug-likeness (QED) is 0.743. The van der Waals surface area contributed by atoms with E-state index in [2.05, 4.69) is 4.74 Å². The number of hydrogen-bond donors (Lipinski definition) is 0. The van der Waals surface area contributed by atoms with E-state index in [0.29, 0.717) is 5.56 Å². The predicted molar refractivity (Wildman–Crippen MR) is 71.6 cm³/mol. The van der Waals surface area contributed by atoms with E-state index in [1.807, 2.05) is 48.5 Å². The van der Waals surface area contributed by atoms with Gasteiger partial charge in [-0.3, -0.25) is 4.79 Å². The van der Waals surface area contributed by atoms with E-state index in [4.69, 9.17) is 0 Å². The molecule has 1 radical (unpaired) electrons. The SMILES string of the molecule is O=[C]OCC(C(=O)c1ccccc1)c1ccccc1. The lowest BCUT2D eigenvalue weighted by Crippen LogP contribution is -2.18. The molecule has 19 heavy (non-hydrogen) atoms. The van der Waals surface area contributed by atoms with Crippen LogP contribution in [-0.2, 0) is 9.53 Å². The molecule has 0 aliphatic rings. The largest absolute Gasteiger partial charge is 0.456 e. The highest BCUT2D eigenvalue weighted by atomic mass is 16.5. The van der Waals surface area contributed by atoms with E-state index in [1.165, 1.54) is 6.47 Å². The molecule has 3 heteroatoms. The molecule has 0 aromatic heterocycles. The zero-order valence-corrected chi connectivity index (χ0v) is 10.3. The number of hydrogen-bond acceptors (Lipinski definition) is 3. The summed E-state index contributed by atoms with van der Waals surface area (Å²) in [5.74, 6) is -0.563. The van der Waals surface area contributed by atoms with Gasteiger partial charge in [0, 0.05) is 5.56 Å². The molecule has 1 atom stereocenters. The highest BCUT2D eigenvalue weighted by Gasteiger charge is 2.22. The lowest BCUT2D eigenvalue weighted by atomic mass is 9.91. The van der Waals surface area contributed by atoms with E-state index < -0.39 is 5.92 Å². The Hall–Kier alpha value is -2.42. The van der Waals surface area contributed by atoms with Crippen molar-refractivity contribution in [3.8, 4) is 0 Å². The average molecular weight is 253 g/mol. The number of ether oxygens (including phenoxy) is 1. The molecular formula is C16H13O3. The zero-order valence-electron chi connectivity index (χ0n) is 10.3. The van der Waals surface area contributed by atoms with Gasteiger partial charge in [-0.15, -0.1) is 0 Å². The summed E-state index contributed by atoms with van der Waals surface area (Å²) >= 11 is 0. The number of benzene rings is 2. The fraction of sp³-hybridized carbons (Fsp3) is 0.125. The fourth-order valence-electron chi connectivity index (χ4n) is 1.93. The van der Waals surface area contributed by atoms with Crippen molar-refractivity contribution in [3.63, 3.8) is 0 Å². The number of rotatable bonds is 6. The van der Waals surface area contributed by atoms with E-state index in [-0.39, 0.29) is 12.4 Å². The van der Waals surface area contributed by atoms with Crippen molar-refractivity contribution in [1.82, 2.24) is 0 Å². The van der Waals surface area contributed by atoms with Gasteiger partial charge in [-0.2, -0.15) is 0 Å². The Labute approximate surface area is 111 Å². The summed E-state index contributed by atoms with van der Waals surface area (Å²) in [6.07, 6.45) is 0. The second-order valence-corrected chi connectivity index (χ2v) is 4.09. The summed E-state index contributed by atoms with van der Waals surface area (Å²) in [6.45, 7) is 1.37. The third kappa shape index (κ3) is 3.28. The molecule has 0 saturated heterocycles. The Morgan fingerprint density at radius 1 is 1.00 bits per heavy atom. The molecule has 0 aliphatic heterocycles. The highest BCUT2D eigenvalue weighted by molar-refractivity contribution is 6.01. The lowest BCUT2D eigenvalue weighted by Gasteiger charge is -2.14. The van der Waals surface area contributed by atoms with Crippen LogP contribution in [0.5, 0.6) is 0 Å². The van der Waals surface area contributed by atoms with Gasteiger partial charge in [-0.1, -0.05) is 60.7 Å². The Bertz CT molecular complexity index is 534. The summed E-state index contributed by atoms with van der Waals surface area (Å²) < 4.78 is 4.67. The molecule has 0 aliphatic carbocycles. The van der Waals surface area contributed by atoms with Gasteiger partial charge in [0.15, 0.2) is 5.78 Å². The number of carbonyl (C=O) groups is 1. The van der Waals surface area contributed by atoms with Gasteiger partial charge in [0.2, 0.25) is 0 Å². The molecule has 3 nitrogen and oxygen atoms in total. The lowest BCUT2D eigenvalue weighted by molar-refractivity contribution is 0.0925. The number of carbonyl (C=O) groups excluding carboxylic acids is 2. The minimum atomic E-state index is -0.495. The van der Waals surface area contributed by atoms with Crippen LogP contribution in [0.2, 0.25) is 0 Å². The molecule has 2 aromatic carbocycles. The molecular weight excluding hydrogens is 240 g/mol. The third-order valence-electron chi connectivity index (χ3n) is 2.89. The molecule has 0 fully saturated rings. The van der Waals surface area contributed by atoms with E-state index in [0.717, 1.165) is 5.56 Å². The average Bonchev–Trinajstić information content (AvgIpc) is 2.49. The van der Waals surface area contributed by atoms with Gasteiger partial charge >= 0.3 is 6.47 Å². The Balaban J connectivity index is 2.28. The van der Waals surface area contributed by atoms with Crippen LogP contribution in [0.3, 0.4) is 0 Å². The van der Waals surface area contributed by atoms with Crippen LogP contribution in [0.15, 0.2) is 60.7 Å². The fourth-order valence-corrected chi connectivity index (χ4v) is 1.93. The van der Waals surface area contributed by atoms with Crippen molar-refractivity contribution in [2.24, 2.45) is 0 Å². The molecule has 0 bridgehead atoms. The molecule has 0 spiro atoms. The summed E-state index contributed by atoms with van der Waals surface area (Å²) in [6, 6.07) is 18.2. The molecule has 95 valence electrons. The molecule has 0 amide bonds. The van der Waals surface area contributed by atoms with Crippen molar-refractivity contribution in [2.45, 2.75) is 5.92 Å². The van der Waals surface area contributed by atoms with E-state index >= 15 is 0 Å². The van der Waals surface area contributed by atoms with Gasteiger partial charge in [-0.25, -0.2) is 4.79 Å². The van der Waals surface area contributed by atoms with Crippen molar-refractivity contribution >= 4 is 12.3 Å². The first kappa shape index (κ1) is 13.0. The van der Waals surface area contributed by atoms with Crippen LogP contribution in [0.1, 0.15) is 21.8 Å². The van der Waals surface area contributed by atoms with Crippen molar-refractivity contribution < 1.29 is 14.3 Å². The molecule has 2 aromatic rings. The summed E-state index contributed by atoms with van der Waals surface area (Å²) in [7, 11) is 0. The van der Waals surface area contributed by atoms with Gasteiger partial charge in [-0.05, 0) is 5.56 Å². The van der Waals surface area contributed by atoms with E-state index in [9.17, 15) is 9.59 Å². The van der Waals surface area contributed by atoms with Crippen LogP contribution in [0.25, 0.3) is 0 Å². The topological polar surface area (TPSA) is 43.4 Å². The predicted octanol–water partition coefficient (Wildman–Crippen LogP) is 2.74. The zero-order chi connectivity index (χ0) is 13.5. The van der Waals surface area contributed by atoms with Crippen LogP contribution < -0.4 is 0 Å². The van der Waals surface area contributed by atoms with Crippen LogP contribution in [0.4, 0.5) is 0 Å². The minimum Gasteiger partial charge on any atom is -0.456 e. The normalized spacial score (nSPS) is 11.6. The molecule has 1 unspecified atom stereocenters. The Morgan fingerprint density at radius 2 is 1.58 bits per heavy atom. The van der Waals surface area contributed by atoms with Crippen LogP contribution in [-0.4, -0.2) is 18.9 Å². The molecule has 2 rings (SSSR count). The summed E-state index contributed by atoms with van der Waals surface area (Å²) in [4.78, 5) is 22.7. The van der Waals surface area contributed by atoms with Gasteiger partial charge in [0.1, 0.15) is 6.61 Å². The highest BCUT2D eigenvalue weighted by Crippen LogP contribution is 2.21. The van der Waals surface area contributed by atoms with Gasteiger partial charge in [0.05, 0.1) is 5.92 Å². The second kappa shape index (κ2) is 6.50. The number of Topliss-reactive ketones (excluding diaryl/α,β-unsaturated/α-hetero) is 1. The van der Waals surface area contributed by atoms with Crippen LogP contribution in [0, 0.1) is 0 Å². The van der Waals surface area contributed by atoms with Crippen molar-refractivity contribution in [3.05, 3.63) is 71.8 Å². The maximum absolute atomic E-state index is 12.4. The van der Waals surface area contributed by atoms with E-state index in [1.54, 1.807) is 12.1 Å². The first-order valence-corrected chi connectivity index (χ1v) is 5.96. The first-order chi connectivity index (χ1) is 9.33. The standard InChI is InChI=1S/C16H13O3/c17-12-19-11-15(13-7-3-1-4-8-13)16(18)14-9-5-2-6-10-14/h1-10,15H,11H2. The monoisotopic (exact) mass is 253 g/mol. The third-order valence-corrected chi connectivity index (χ3v) is 2.89. The maximum Gasteiger partial charge on any atom is 0.417 e. The van der Waals surface area contributed by atoms with Gasteiger partial charge in [0.25, 0.3) is 0 Å². The number of ketones is 1. The maximum atomic E-state index is 12.4. The molecule has 0 saturated carbocycles. The Morgan fingerprint density at radius 3 is 2.16 bits per heavy atom. The summed E-state index contributed by atoms with van der Waals surface area (Å²) in [5, 5.41) is 0. The first-order valence-electron chi connectivity index (χ1n) is 5.96. The smallest absolute Gasteiger partial charge is 0.417 e. The second-order valence-electron chi connectivity index (χ2n) is 4.09. The van der Waals surface area contributed by atoms with Crippen molar-refractivity contribution in [1.29, 1.82) is 0 Å². The van der Waals surface area contributed by atoms with Gasteiger partial charge < -0.3 is 4.74 Å². The molecule has 0 heterocycles. The van der Waals surface area contributed by atoms with Crippen LogP contribution >= 0.6 is 0 Å². The minimum absolute atomic E-state index is 0.00123.